The van der Waals surface area contributed by atoms with Gasteiger partial charge in [0.1, 0.15) is 4.90 Å². The summed E-state index contributed by atoms with van der Waals surface area (Å²) in [6, 6.07) is 14.5. The zero-order chi connectivity index (χ0) is 19.4. The molecule has 0 aliphatic carbocycles. The molecule has 0 amide bonds. The Morgan fingerprint density at radius 2 is 1.81 bits per heavy atom. The Labute approximate surface area is 166 Å². The summed E-state index contributed by atoms with van der Waals surface area (Å²) in [4.78, 5) is 2.14. The zero-order valence-electron chi connectivity index (χ0n) is 15.6. The van der Waals surface area contributed by atoms with Crippen LogP contribution in [0, 0.1) is 0 Å². The maximum atomic E-state index is 13.3. The van der Waals surface area contributed by atoms with Crippen molar-refractivity contribution in [3.05, 3.63) is 59.1 Å². The Morgan fingerprint density at radius 3 is 2.41 bits per heavy atom. The molecule has 7 heteroatoms. The largest absolute Gasteiger partial charge is 0.378 e. The molecule has 0 unspecified atom stereocenters. The van der Waals surface area contributed by atoms with Crippen LogP contribution in [0.1, 0.15) is 18.4 Å². The quantitative estimate of drug-likeness (QED) is 0.699. The number of hydrogen-bond acceptors (Lipinski definition) is 4. The molecule has 146 valence electrons. The molecule has 1 aliphatic heterocycles. The lowest BCUT2D eigenvalue weighted by Crippen LogP contribution is -2.37. The van der Waals surface area contributed by atoms with Gasteiger partial charge in [-0.05, 0) is 42.7 Å². The summed E-state index contributed by atoms with van der Waals surface area (Å²) in [5.41, 5.74) is 1.99. The Kier molecular flexibility index (Phi) is 6.42. The van der Waals surface area contributed by atoms with Crippen molar-refractivity contribution in [2.45, 2.75) is 30.4 Å². The fourth-order valence-electron chi connectivity index (χ4n) is 3.16. The molecular formula is C20H25ClN2O3S. The summed E-state index contributed by atoms with van der Waals surface area (Å²) in [5, 5.41) is 0.234. The van der Waals surface area contributed by atoms with Crippen LogP contribution in [0.4, 0.5) is 5.69 Å². The Bertz CT molecular complexity index is 863. The Morgan fingerprint density at radius 1 is 1.11 bits per heavy atom. The van der Waals surface area contributed by atoms with Crippen molar-refractivity contribution < 1.29 is 13.2 Å². The SMILES string of the molecule is CN(C)c1ccc(CN(C[C@@H]2CCCO2)S(=O)(=O)c2ccccc2Cl)cc1. The molecule has 5 nitrogen and oxygen atoms in total. The van der Waals surface area contributed by atoms with Crippen molar-refractivity contribution in [3.8, 4) is 0 Å². The third-order valence-electron chi connectivity index (χ3n) is 4.70. The highest BCUT2D eigenvalue weighted by Crippen LogP contribution is 2.27. The normalized spacial score (nSPS) is 17.4. The molecule has 1 fully saturated rings. The van der Waals surface area contributed by atoms with E-state index in [1.54, 1.807) is 24.3 Å². The molecule has 0 saturated carbocycles. The average Bonchev–Trinajstić information content (AvgIpc) is 3.15. The van der Waals surface area contributed by atoms with E-state index in [4.69, 9.17) is 16.3 Å². The minimum atomic E-state index is -3.73. The molecule has 0 bridgehead atoms. The summed E-state index contributed by atoms with van der Waals surface area (Å²) in [7, 11) is 0.213. The van der Waals surface area contributed by atoms with Gasteiger partial charge in [0.05, 0.1) is 11.1 Å². The van der Waals surface area contributed by atoms with Gasteiger partial charge in [0.2, 0.25) is 10.0 Å². The van der Waals surface area contributed by atoms with Crippen molar-refractivity contribution in [1.29, 1.82) is 0 Å². The van der Waals surface area contributed by atoms with Gasteiger partial charge in [0.15, 0.2) is 0 Å². The molecule has 1 heterocycles. The molecule has 1 saturated heterocycles. The number of rotatable bonds is 7. The summed E-state index contributed by atoms with van der Waals surface area (Å²) in [6.07, 6.45) is 1.75. The molecule has 1 aliphatic rings. The van der Waals surface area contributed by atoms with Crippen LogP contribution in [0.5, 0.6) is 0 Å². The first-order valence-corrected chi connectivity index (χ1v) is 10.8. The average molecular weight is 409 g/mol. The maximum Gasteiger partial charge on any atom is 0.244 e. The first kappa shape index (κ1) is 20.1. The first-order chi connectivity index (χ1) is 12.9. The number of anilines is 1. The number of nitrogens with zero attached hydrogens (tertiary/aromatic N) is 2. The molecule has 2 aromatic carbocycles. The predicted molar refractivity (Wildman–Crippen MR) is 109 cm³/mol. The van der Waals surface area contributed by atoms with E-state index in [1.165, 1.54) is 4.31 Å². The first-order valence-electron chi connectivity index (χ1n) is 9.00. The molecule has 3 rings (SSSR count). The predicted octanol–water partition coefficient (Wildman–Crippen LogP) is 3.78. The van der Waals surface area contributed by atoms with E-state index < -0.39 is 10.0 Å². The number of sulfonamides is 1. The highest BCUT2D eigenvalue weighted by atomic mass is 35.5. The highest BCUT2D eigenvalue weighted by Gasteiger charge is 2.30. The fraction of sp³-hybridized carbons (Fsp3) is 0.400. The molecule has 2 aromatic rings. The Balaban J connectivity index is 1.89. The van der Waals surface area contributed by atoms with E-state index in [2.05, 4.69) is 0 Å². The lowest BCUT2D eigenvalue weighted by atomic mass is 10.2. The Hall–Kier alpha value is -1.60. The molecule has 0 spiro atoms. The lowest BCUT2D eigenvalue weighted by Gasteiger charge is -2.25. The smallest absolute Gasteiger partial charge is 0.244 e. The summed E-state index contributed by atoms with van der Waals surface area (Å²) >= 11 is 6.19. The molecule has 1 atom stereocenters. The summed E-state index contributed by atoms with van der Waals surface area (Å²) in [5.74, 6) is 0. The summed E-state index contributed by atoms with van der Waals surface area (Å²) < 4.78 is 33.8. The van der Waals surface area contributed by atoms with Crippen molar-refractivity contribution >= 4 is 27.3 Å². The number of benzene rings is 2. The van der Waals surface area contributed by atoms with Crippen LogP contribution >= 0.6 is 11.6 Å². The molecule has 27 heavy (non-hydrogen) atoms. The molecule has 0 aromatic heterocycles. The molecule has 0 radical (unpaired) electrons. The van der Waals surface area contributed by atoms with Gasteiger partial charge < -0.3 is 9.64 Å². The monoisotopic (exact) mass is 408 g/mol. The zero-order valence-corrected chi connectivity index (χ0v) is 17.2. The van der Waals surface area contributed by atoms with Crippen molar-refractivity contribution in [1.82, 2.24) is 4.31 Å². The third-order valence-corrected chi connectivity index (χ3v) is 7.01. The van der Waals surface area contributed by atoms with Gasteiger partial charge in [-0.15, -0.1) is 0 Å². The van der Waals surface area contributed by atoms with E-state index in [0.717, 1.165) is 24.1 Å². The van der Waals surface area contributed by atoms with Crippen molar-refractivity contribution in [2.24, 2.45) is 0 Å². The van der Waals surface area contributed by atoms with Gasteiger partial charge in [0.25, 0.3) is 0 Å². The minimum absolute atomic E-state index is 0.0803. The van der Waals surface area contributed by atoms with Gasteiger partial charge in [0, 0.05) is 39.5 Å². The second-order valence-electron chi connectivity index (χ2n) is 6.92. The van der Waals surface area contributed by atoms with Crippen LogP contribution in [0.3, 0.4) is 0 Å². The van der Waals surface area contributed by atoms with Gasteiger partial charge in [-0.25, -0.2) is 8.42 Å². The van der Waals surface area contributed by atoms with Crippen LogP contribution < -0.4 is 4.90 Å². The van der Waals surface area contributed by atoms with Crippen molar-refractivity contribution in [3.63, 3.8) is 0 Å². The summed E-state index contributed by atoms with van der Waals surface area (Å²) in [6.45, 7) is 1.28. The topological polar surface area (TPSA) is 49.9 Å². The van der Waals surface area contributed by atoms with E-state index in [9.17, 15) is 8.42 Å². The maximum absolute atomic E-state index is 13.3. The van der Waals surface area contributed by atoms with Crippen LogP contribution in [0.15, 0.2) is 53.4 Å². The number of halogens is 1. The van der Waals surface area contributed by atoms with E-state index in [-0.39, 0.29) is 22.6 Å². The van der Waals surface area contributed by atoms with Gasteiger partial charge in [-0.3, -0.25) is 0 Å². The molecular weight excluding hydrogens is 384 g/mol. The van der Waals surface area contributed by atoms with E-state index >= 15 is 0 Å². The molecule has 0 N–H and O–H groups in total. The third kappa shape index (κ3) is 4.82. The number of ether oxygens (including phenoxy) is 1. The lowest BCUT2D eigenvalue weighted by molar-refractivity contribution is 0.0926. The van der Waals surface area contributed by atoms with Crippen LogP contribution in [0.2, 0.25) is 5.02 Å². The van der Waals surface area contributed by atoms with Crippen LogP contribution in [-0.4, -0.2) is 46.1 Å². The van der Waals surface area contributed by atoms with Gasteiger partial charge in [-0.1, -0.05) is 35.9 Å². The van der Waals surface area contributed by atoms with Crippen LogP contribution in [0.25, 0.3) is 0 Å². The highest BCUT2D eigenvalue weighted by molar-refractivity contribution is 7.89. The van der Waals surface area contributed by atoms with Gasteiger partial charge >= 0.3 is 0 Å². The van der Waals surface area contributed by atoms with E-state index in [1.807, 2.05) is 43.3 Å². The minimum Gasteiger partial charge on any atom is -0.378 e. The second-order valence-corrected chi connectivity index (χ2v) is 9.24. The number of hydrogen-bond donors (Lipinski definition) is 0. The second kappa shape index (κ2) is 8.61. The van der Waals surface area contributed by atoms with Crippen molar-refractivity contribution in [2.75, 3.05) is 32.1 Å². The van der Waals surface area contributed by atoms with Crippen LogP contribution in [-0.2, 0) is 21.3 Å². The fourth-order valence-corrected chi connectivity index (χ4v) is 5.11. The van der Waals surface area contributed by atoms with Gasteiger partial charge in [-0.2, -0.15) is 4.31 Å². The standard InChI is InChI=1S/C20H25ClN2O3S/c1-22(2)17-11-9-16(10-12-17)14-23(15-18-6-5-13-26-18)27(24,25)20-8-4-3-7-19(20)21/h3-4,7-12,18H,5-6,13-15H2,1-2H3/t18-/m0/s1. The van der Waals surface area contributed by atoms with E-state index in [0.29, 0.717) is 13.2 Å².